The Morgan fingerprint density at radius 1 is 1.05 bits per heavy atom. The van der Waals surface area contributed by atoms with Crippen molar-refractivity contribution in [1.82, 2.24) is 10.2 Å². The topological polar surface area (TPSA) is 37.8 Å². The fraction of sp³-hybridized carbons (Fsp3) is 0.375. The zero-order chi connectivity index (χ0) is 14.2. The second kappa shape index (κ2) is 5.06. The van der Waals surface area contributed by atoms with Gasteiger partial charge in [0.05, 0.1) is 11.2 Å². The van der Waals surface area contributed by atoms with Crippen LogP contribution in [0.1, 0.15) is 43.9 Å². The summed E-state index contributed by atoms with van der Waals surface area (Å²) >= 11 is 5.95. The van der Waals surface area contributed by atoms with Crippen LogP contribution in [0.15, 0.2) is 36.4 Å². The maximum Gasteiger partial charge on any atom is 0.149 e. The van der Waals surface area contributed by atoms with Crippen LogP contribution in [0.5, 0.6) is 0 Å². The Hall–Kier alpha value is -1.61. The van der Waals surface area contributed by atoms with Crippen LogP contribution in [0, 0.1) is 0 Å². The van der Waals surface area contributed by atoms with Crippen molar-refractivity contribution in [3.63, 3.8) is 0 Å². The Morgan fingerprint density at radius 3 is 2.25 bits per heavy atom. The molecule has 3 rings (SSSR count). The molecule has 4 heteroatoms. The van der Waals surface area contributed by atoms with Crippen molar-refractivity contribution in [2.24, 2.45) is 0 Å². The zero-order valence-corrected chi connectivity index (χ0v) is 12.5. The first-order chi connectivity index (χ1) is 9.59. The molecule has 1 N–H and O–H groups in total. The third-order valence-corrected chi connectivity index (χ3v) is 4.04. The molecule has 1 heterocycles. The van der Waals surface area contributed by atoms with Crippen molar-refractivity contribution in [2.45, 2.75) is 38.1 Å². The highest BCUT2D eigenvalue weighted by Gasteiger charge is 2.44. The number of rotatable bonds is 4. The second-order valence-electron chi connectivity index (χ2n) is 5.71. The van der Waals surface area contributed by atoms with Gasteiger partial charge in [0.2, 0.25) is 0 Å². The summed E-state index contributed by atoms with van der Waals surface area (Å²) in [5.41, 5.74) is 2.29. The Bertz CT molecular complexity index is 586. The van der Waals surface area contributed by atoms with Gasteiger partial charge in [-0.15, -0.1) is 5.10 Å². The number of nitrogens with zero attached hydrogens (tertiary/aromatic N) is 2. The van der Waals surface area contributed by atoms with E-state index in [4.69, 9.17) is 11.6 Å². The van der Waals surface area contributed by atoms with Crippen molar-refractivity contribution in [2.75, 3.05) is 5.32 Å². The minimum atomic E-state index is 0.0125. The van der Waals surface area contributed by atoms with Crippen molar-refractivity contribution >= 4 is 17.4 Å². The number of hydrogen-bond acceptors (Lipinski definition) is 3. The second-order valence-corrected chi connectivity index (χ2v) is 6.15. The van der Waals surface area contributed by atoms with E-state index < -0.39 is 0 Å². The quantitative estimate of drug-likeness (QED) is 0.908. The smallest absolute Gasteiger partial charge is 0.149 e. The average Bonchev–Trinajstić information content (AvgIpc) is 3.21. The first-order valence-electron chi connectivity index (χ1n) is 6.97. The van der Waals surface area contributed by atoms with Crippen LogP contribution < -0.4 is 5.32 Å². The van der Waals surface area contributed by atoms with Crippen LogP contribution in [-0.4, -0.2) is 10.2 Å². The van der Waals surface area contributed by atoms with E-state index in [0.29, 0.717) is 5.92 Å². The predicted molar refractivity (Wildman–Crippen MR) is 82.1 cm³/mol. The van der Waals surface area contributed by atoms with Crippen molar-refractivity contribution < 1.29 is 0 Å². The van der Waals surface area contributed by atoms with Crippen LogP contribution in [0.2, 0.25) is 5.02 Å². The summed E-state index contributed by atoms with van der Waals surface area (Å²) in [5.74, 6) is 1.24. The molecule has 1 aromatic heterocycles. The minimum absolute atomic E-state index is 0.0125. The SMILES string of the molecule is CC(C)c1ccc(NC2(c3ccc(Cl)cc3)CC2)nn1. The van der Waals surface area contributed by atoms with Crippen LogP contribution in [0.4, 0.5) is 5.82 Å². The highest BCUT2D eigenvalue weighted by molar-refractivity contribution is 6.30. The molecule has 0 atom stereocenters. The third kappa shape index (κ3) is 2.63. The van der Waals surface area contributed by atoms with Gasteiger partial charge in [0.15, 0.2) is 0 Å². The van der Waals surface area contributed by atoms with E-state index in [9.17, 15) is 0 Å². The number of hydrogen-bond donors (Lipinski definition) is 1. The standard InChI is InChI=1S/C16H18ClN3/c1-11(2)14-7-8-15(20-19-14)18-16(9-10-16)12-3-5-13(17)6-4-12/h3-8,11H,9-10H2,1-2H3,(H,18,20). The first-order valence-corrected chi connectivity index (χ1v) is 7.35. The number of benzene rings is 1. The van der Waals surface area contributed by atoms with E-state index >= 15 is 0 Å². The normalized spacial score (nSPS) is 16.2. The molecule has 104 valence electrons. The zero-order valence-electron chi connectivity index (χ0n) is 11.7. The molecule has 1 fully saturated rings. The molecule has 0 unspecified atom stereocenters. The molecule has 20 heavy (non-hydrogen) atoms. The van der Waals surface area contributed by atoms with Gasteiger partial charge in [-0.25, -0.2) is 0 Å². The fourth-order valence-electron chi connectivity index (χ4n) is 2.34. The summed E-state index contributed by atoms with van der Waals surface area (Å²) in [6.07, 6.45) is 2.23. The summed E-state index contributed by atoms with van der Waals surface area (Å²) in [6.45, 7) is 4.24. The fourth-order valence-corrected chi connectivity index (χ4v) is 2.47. The minimum Gasteiger partial charge on any atom is -0.359 e. The van der Waals surface area contributed by atoms with Gasteiger partial charge in [-0.05, 0) is 48.6 Å². The summed E-state index contributed by atoms with van der Waals surface area (Å²) < 4.78 is 0. The molecule has 1 aliphatic carbocycles. The average molecular weight is 288 g/mol. The van der Waals surface area contributed by atoms with E-state index in [0.717, 1.165) is 29.4 Å². The van der Waals surface area contributed by atoms with E-state index in [1.54, 1.807) is 0 Å². The molecule has 2 aromatic rings. The molecule has 3 nitrogen and oxygen atoms in total. The molecule has 0 radical (unpaired) electrons. The molecule has 0 amide bonds. The summed E-state index contributed by atoms with van der Waals surface area (Å²) in [4.78, 5) is 0. The summed E-state index contributed by atoms with van der Waals surface area (Å²) in [6, 6.07) is 12.1. The Morgan fingerprint density at radius 2 is 1.75 bits per heavy atom. The van der Waals surface area contributed by atoms with E-state index in [1.807, 2.05) is 24.3 Å². The van der Waals surface area contributed by atoms with Gasteiger partial charge in [0.25, 0.3) is 0 Å². The first kappa shape index (κ1) is 13.4. The highest BCUT2D eigenvalue weighted by atomic mass is 35.5. The van der Waals surface area contributed by atoms with Crippen LogP contribution in [0.25, 0.3) is 0 Å². The van der Waals surface area contributed by atoms with Gasteiger partial charge in [0, 0.05) is 5.02 Å². The molecule has 1 aromatic carbocycles. The van der Waals surface area contributed by atoms with Crippen LogP contribution in [0.3, 0.4) is 0 Å². The number of nitrogens with one attached hydrogen (secondary N) is 1. The molecule has 1 aliphatic rings. The van der Waals surface area contributed by atoms with Crippen LogP contribution >= 0.6 is 11.6 Å². The lowest BCUT2D eigenvalue weighted by molar-refractivity contribution is 0.762. The lowest BCUT2D eigenvalue weighted by Crippen LogP contribution is -2.19. The van der Waals surface area contributed by atoms with Gasteiger partial charge in [-0.3, -0.25) is 0 Å². The van der Waals surface area contributed by atoms with Gasteiger partial charge >= 0.3 is 0 Å². The lowest BCUT2D eigenvalue weighted by Gasteiger charge is -2.18. The Balaban J connectivity index is 1.78. The maximum absolute atomic E-state index is 5.95. The molecule has 0 aliphatic heterocycles. The largest absolute Gasteiger partial charge is 0.359 e. The van der Waals surface area contributed by atoms with Crippen molar-refractivity contribution in [3.8, 4) is 0 Å². The van der Waals surface area contributed by atoms with Gasteiger partial charge in [-0.1, -0.05) is 37.6 Å². The summed E-state index contributed by atoms with van der Waals surface area (Å²) in [7, 11) is 0. The molecular weight excluding hydrogens is 270 g/mol. The lowest BCUT2D eigenvalue weighted by atomic mass is 10.1. The molecule has 0 spiro atoms. The molecule has 0 saturated heterocycles. The van der Waals surface area contributed by atoms with E-state index in [-0.39, 0.29) is 5.54 Å². The van der Waals surface area contributed by atoms with E-state index in [1.165, 1.54) is 5.56 Å². The Kier molecular flexibility index (Phi) is 3.38. The number of aromatic nitrogens is 2. The van der Waals surface area contributed by atoms with Crippen molar-refractivity contribution in [3.05, 3.63) is 52.7 Å². The summed E-state index contributed by atoms with van der Waals surface area (Å²) in [5, 5.41) is 12.8. The number of halogens is 1. The predicted octanol–water partition coefficient (Wildman–Crippen LogP) is 4.35. The van der Waals surface area contributed by atoms with Crippen molar-refractivity contribution in [1.29, 1.82) is 0 Å². The third-order valence-electron chi connectivity index (χ3n) is 3.79. The molecule has 1 saturated carbocycles. The van der Waals surface area contributed by atoms with Gasteiger partial charge < -0.3 is 5.32 Å². The molecule has 0 bridgehead atoms. The van der Waals surface area contributed by atoms with Crippen LogP contribution in [-0.2, 0) is 5.54 Å². The number of anilines is 1. The highest BCUT2D eigenvalue weighted by Crippen LogP contribution is 2.48. The van der Waals surface area contributed by atoms with E-state index in [2.05, 4.69) is 41.5 Å². The maximum atomic E-state index is 5.95. The Labute approximate surface area is 124 Å². The monoisotopic (exact) mass is 287 g/mol. The van der Waals surface area contributed by atoms with Gasteiger partial charge in [0.1, 0.15) is 5.82 Å². The molecular formula is C16H18ClN3. The van der Waals surface area contributed by atoms with Gasteiger partial charge in [-0.2, -0.15) is 5.10 Å².